The second kappa shape index (κ2) is 6.37. The van der Waals surface area contributed by atoms with E-state index in [9.17, 15) is 9.59 Å². The average Bonchev–Trinajstić information content (AvgIpc) is 3.15. The molecule has 1 saturated carbocycles. The number of piperidine rings is 1. The smallest absolute Gasteiger partial charge is 0.228 e. The van der Waals surface area contributed by atoms with Crippen molar-refractivity contribution in [1.29, 1.82) is 0 Å². The van der Waals surface area contributed by atoms with Gasteiger partial charge in [-0.2, -0.15) is 0 Å². The molecule has 3 rings (SSSR count). The quantitative estimate of drug-likeness (QED) is 0.802. The van der Waals surface area contributed by atoms with Gasteiger partial charge >= 0.3 is 0 Å². The number of carbonyl (C=O) groups excluding carboxylic acids is 2. The van der Waals surface area contributed by atoms with Gasteiger partial charge in [0, 0.05) is 31.6 Å². The molecule has 2 heterocycles. The second-order valence-electron chi connectivity index (χ2n) is 6.97. The first-order chi connectivity index (χ1) is 10.2. The number of carbonyl (C=O) groups is 2. The first kappa shape index (κ1) is 14.9. The van der Waals surface area contributed by atoms with E-state index < -0.39 is 0 Å². The van der Waals surface area contributed by atoms with Crippen LogP contribution in [0.3, 0.4) is 0 Å². The molecule has 4 heteroatoms. The first-order valence-corrected chi connectivity index (χ1v) is 8.80. The summed E-state index contributed by atoms with van der Waals surface area (Å²) in [5.74, 6) is 0.381. The van der Waals surface area contributed by atoms with E-state index in [1.54, 1.807) is 0 Å². The van der Waals surface area contributed by atoms with Crippen LogP contribution in [0.1, 0.15) is 64.7 Å². The lowest BCUT2D eigenvalue weighted by molar-refractivity contribution is -0.139. The molecule has 2 aliphatic heterocycles. The molecule has 2 atom stereocenters. The van der Waals surface area contributed by atoms with Crippen LogP contribution in [0.25, 0.3) is 0 Å². The summed E-state index contributed by atoms with van der Waals surface area (Å²) in [6.07, 6.45) is 9.71. The maximum Gasteiger partial charge on any atom is 0.228 e. The van der Waals surface area contributed by atoms with Crippen LogP contribution in [-0.2, 0) is 9.59 Å². The minimum absolute atomic E-state index is 0.0785. The number of rotatable bonds is 3. The Morgan fingerprint density at radius 2 is 1.86 bits per heavy atom. The van der Waals surface area contributed by atoms with Crippen LogP contribution in [0.15, 0.2) is 0 Å². The third-order valence-electron chi connectivity index (χ3n) is 5.65. The van der Waals surface area contributed by atoms with Crippen LogP contribution in [0.5, 0.6) is 0 Å². The molecule has 2 saturated heterocycles. The van der Waals surface area contributed by atoms with Crippen LogP contribution in [-0.4, -0.2) is 46.8 Å². The Morgan fingerprint density at radius 1 is 1.14 bits per heavy atom. The van der Waals surface area contributed by atoms with E-state index in [-0.39, 0.29) is 17.7 Å². The molecule has 0 bridgehead atoms. The highest BCUT2D eigenvalue weighted by atomic mass is 16.2. The summed E-state index contributed by atoms with van der Waals surface area (Å²) in [6, 6.07) is 0.820. The van der Waals surface area contributed by atoms with Crippen molar-refractivity contribution in [2.24, 2.45) is 5.92 Å². The fraction of sp³-hybridized carbons (Fsp3) is 0.882. The molecule has 0 N–H and O–H groups in total. The Morgan fingerprint density at radius 3 is 2.57 bits per heavy atom. The fourth-order valence-electron chi connectivity index (χ4n) is 4.42. The van der Waals surface area contributed by atoms with Crippen molar-refractivity contribution >= 4 is 11.8 Å². The van der Waals surface area contributed by atoms with Crippen LogP contribution < -0.4 is 0 Å². The topological polar surface area (TPSA) is 40.6 Å². The van der Waals surface area contributed by atoms with Crippen LogP contribution in [0.2, 0.25) is 0 Å². The van der Waals surface area contributed by atoms with E-state index in [0.29, 0.717) is 25.0 Å². The Hall–Kier alpha value is -1.06. The second-order valence-corrected chi connectivity index (χ2v) is 6.97. The summed E-state index contributed by atoms with van der Waals surface area (Å²) in [7, 11) is 0. The number of hydrogen-bond acceptors (Lipinski definition) is 2. The number of likely N-dealkylation sites (tertiary alicyclic amines) is 2. The lowest BCUT2D eigenvalue weighted by atomic mass is 9.97. The molecular formula is C17H28N2O2. The summed E-state index contributed by atoms with van der Waals surface area (Å²) in [5.41, 5.74) is 0. The summed E-state index contributed by atoms with van der Waals surface area (Å²) in [5, 5.41) is 0. The Kier molecular flexibility index (Phi) is 4.51. The normalized spacial score (nSPS) is 31.2. The lowest BCUT2D eigenvalue weighted by Crippen LogP contribution is -2.47. The van der Waals surface area contributed by atoms with E-state index in [4.69, 9.17) is 0 Å². The highest BCUT2D eigenvalue weighted by Crippen LogP contribution is 2.31. The predicted octanol–water partition coefficient (Wildman–Crippen LogP) is 2.57. The monoisotopic (exact) mass is 292 g/mol. The zero-order valence-electron chi connectivity index (χ0n) is 13.2. The number of hydrogen-bond donors (Lipinski definition) is 0. The standard InChI is InChI=1S/C17H28N2O2/c1-2-14-7-5-6-10-18(14)17(21)13-11-16(20)19(12-13)15-8-3-4-9-15/h13-15H,2-12H2,1H3/t13-,14+/m1/s1. The third-order valence-corrected chi connectivity index (χ3v) is 5.65. The van der Waals surface area contributed by atoms with Gasteiger partial charge in [-0.15, -0.1) is 0 Å². The Labute approximate surface area is 127 Å². The van der Waals surface area contributed by atoms with E-state index in [2.05, 4.69) is 11.8 Å². The fourth-order valence-corrected chi connectivity index (χ4v) is 4.42. The molecule has 1 aliphatic carbocycles. The molecule has 0 unspecified atom stereocenters. The molecule has 118 valence electrons. The maximum atomic E-state index is 12.8. The van der Waals surface area contributed by atoms with Gasteiger partial charge in [0.25, 0.3) is 0 Å². The highest BCUT2D eigenvalue weighted by molar-refractivity contribution is 5.89. The molecule has 0 radical (unpaired) electrons. The predicted molar refractivity (Wildman–Crippen MR) is 81.7 cm³/mol. The van der Waals surface area contributed by atoms with Crippen molar-refractivity contribution in [3.8, 4) is 0 Å². The Bertz CT molecular complexity index is 404. The summed E-state index contributed by atoms with van der Waals surface area (Å²) in [6.45, 7) is 3.74. The van der Waals surface area contributed by atoms with E-state index in [1.165, 1.54) is 19.3 Å². The van der Waals surface area contributed by atoms with Crippen molar-refractivity contribution < 1.29 is 9.59 Å². The van der Waals surface area contributed by atoms with Gasteiger partial charge in [-0.25, -0.2) is 0 Å². The SMILES string of the molecule is CC[C@H]1CCCCN1C(=O)[C@@H]1CC(=O)N(C2CCCC2)C1. The Balaban J connectivity index is 1.64. The summed E-state index contributed by atoms with van der Waals surface area (Å²) in [4.78, 5) is 29.2. The van der Waals surface area contributed by atoms with Crippen molar-refractivity contribution in [3.63, 3.8) is 0 Å². The number of amides is 2. The molecule has 0 aromatic rings. The molecule has 3 fully saturated rings. The van der Waals surface area contributed by atoms with Crippen LogP contribution in [0.4, 0.5) is 0 Å². The molecule has 0 aromatic heterocycles. The molecule has 21 heavy (non-hydrogen) atoms. The maximum absolute atomic E-state index is 12.8. The van der Waals surface area contributed by atoms with Crippen molar-refractivity contribution in [2.45, 2.75) is 76.8 Å². The first-order valence-electron chi connectivity index (χ1n) is 8.80. The van der Waals surface area contributed by atoms with Crippen LogP contribution >= 0.6 is 0 Å². The van der Waals surface area contributed by atoms with E-state index in [1.807, 2.05) is 4.90 Å². The third kappa shape index (κ3) is 2.95. The van der Waals surface area contributed by atoms with Gasteiger partial charge in [0.1, 0.15) is 0 Å². The van der Waals surface area contributed by atoms with Gasteiger partial charge in [-0.3, -0.25) is 9.59 Å². The average molecular weight is 292 g/mol. The largest absolute Gasteiger partial charge is 0.339 e. The summed E-state index contributed by atoms with van der Waals surface area (Å²) < 4.78 is 0. The van der Waals surface area contributed by atoms with Crippen molar-refractivity contribution in [3.05, 3.63) is 0 Å². The molecular weight excluding hydrogens is 264 g/mol. The van der Waals surface area contributed by atoms with Crippen molar-refractivity contribution in [1.82, 2.24) is 9.80 Å². The van der Waals surface area contributed by atoms with Gasteiger partial charge in [-0.05, 0) is 38.5 Å². The van der Waals surface area contributed by atoms with Gasteiger partial charge < -0.3 is 9.80 Å². The van der Waals surface area contributed by atoms with Crippen molar-refractivity contribution in [2.75, 3.05) is 13.1 Å². The molecule has 3 aliphatic rings. The van der Waals surface area contributed by atoms with Gasteiger partial charge in [0.2, 0.25) is 11.8 Å². The minimum Gasteiger partial charge on any atom is -0.339 e. The lowest BCUT2D eigenvalue weighted by Gasteiger charge is -2.37. The minimum atomic E-state index is -0.0785. The molecule has 0 aromatic carbocycles. The zero-order chi connectivity index (χ0) is 14.8. The van der Waals surface area contributed by atoms with Gasteiger partial charge in [-0.1, -0.05) is 19.8 Å². The van der Waals surface area contributed by atoms with E-state index in [0.717, 1.165) is 38.6 Å². The molecule has 2 amide bonds. The number of nitrogens with zero attached hydrogens (tertiary/aromatic N) is 2. The van der Waals surface area contributed by atoms with Crippen LogP contribution in [0, 0.1) is 5.92 Å². The summed E-state index contributed by atoms with van der Waals surface area (Å²) >= 11 is 0. The highest BCUT2D eigenvalue weighted by Gasteiger charge is 2.41. The van der Waals surface area contributed by atoms with E-state index >= 15 is 0 Å². The zero-order valence-corrected chi connectivity index (χ0v) is 13.2. The van der Waals surface area contributed by atoms with Gasteiger partial charge in [0.05, 0.1) is 5.92 Å². The molecule has 0 spiro atoms. The molecule has 4 nitrogen and oxygen atoms in total. The van der Waals surface area contributed by atoms with Gasteiger partial charge in [0.15, 0.2) is 0 Å².